The van der Waals surface area contributed by atoms with E-state index < -0.39 is 6.10 Å². The van der Waals surface area contributed by atoms with Gasteiger partial charge in [0.2, 0.25) is 0 Å². The predicted octanol–water partition coefficient (Wildman–Crippen LogP) is 4.32. The van der Waals surface area contributed by atoms with Gasteiger partial charge >= 0.3 is 0 Å². The maximum absolute atomic E-state index is 12.4. The van der Waals surface area contributed by atoms with Gasteiger partial charge in [-0.05, 0) is 55.3 Å². The highest BCUT2D eigenvalue weighted by Gasteiger charge is 2.35. The lowest BCUT2D eigenvalue weighted by Crippen LogP contribution is -2.39. The minimum atomic E-state index is -0.476. The molecule has 1 saturated carbocycles. The second-order valence-corrected chi connectivity index (χ2v) is 8.27. The number of hydrogen-bond donors (Lipinski definition) is 1. The quantitative estimate of drug-likeness (QED) is 0.822. The van der Waals surface area contributed by atoms with Gasteiger partial charge in [-0.15, -0.1) is 0 Å². The summed E-state index contributed by atoms with van der Waals surface area (Å²) in [4.78, 5) is 12.4. The maximum Gasteiger partial charge on any atom is 0.133 e. The molecule has 0 amide bonds. The van der Waals surface area contributed by atoms with Crippen LogP contribution in [-0.4, -0.2) is 30.2 Å². The van der Waals surface area contributed by atoms with E-state index >= 15 is 0 Å². The van der Waals surface area contributed by atoms with E-state index in [0.29, 0.717) is 36.5 Å². The number of ketones is 1. The highest BCUT2D eigenvalue weighted by Crippen LogP contribution is 2.36. The number of hydrogen-bond acceptors (Lipinski definition) is 3. The van der Waals surface area contributed by atoms with Crippen LogP contribution in [0.4, 0.5) is 0 Å². The molecule has 3 heteroatoms. The van der Waals surface area contributed by atoms with Crippen LogP contribution in [0.5, 0.6) is 0 Å². The summed E-state index contributed by atoms with van der Waals surface area (Å²) in [6, 6.07) is 0. The molecule has 1 fully saturated rings. The summed E-state index contributed by atoms with van der Waals surface area (Å²) in [6.45, 7) is 13.1. The largest absolute Gasteiger partial charge is 0.393 e. The molecule has 136 valence electrons. The zero-order valence-corrected chi connectivity index (χ0v) is 16.2. The molecule has 0 aromatic carbocycles. The smallest absolute Gasteiger partial charge is 0.133 e. The van der Waals surface area contributed by atoms with E-state index in [1.165, 1.54) is 0 Å². The van der Waals surface area contributed by atoms with E-state index in [9.17, 15) is 9.90 Å². The van der Waals surface area contributed by atoms with Gasteiger partial charge in [0.25, 0.3) is 0 Å². The average Bonchev–Trinajstić information content (AvgIpc) is 2.48. The molecular weight excluding hydrogens is 288 g/mol. The molecule has 1 aliphatic rings. The van der Waals surface area contributed by atoms with E-state index in [1.54, 1.807) is 7.11 Å². The van der Waals surface area contributed by atoms with E-state index in [0.717, 1.165) is 12.8 Å². The number of aliphatic hydroxyl groups is 1. The van der Waals surface area contributed by atoms with Gasteiger partial charge in [-0.3, -0.25) is 4.79 Å². The van der Waals surface area contributed by atoms with Crippen LogP contribution in [0, 0.1) is 35.5 Å². The first-order valence-electron chi connectivity index (χ1n) is 9.41. The van der Waals surface area contributed by atoms with Gasteiger partial charge in [-0.25, -0.2) is 0 Å². The number of methoxy groups -OCH3 is 1. The van der Waals surface area contributed by atoms with E-state index in [1.807, 2.05) is 6.92 Å². The summed E-state index contributed by atoms with van der Waals surface area (Å²) < 4.78 is 5.82. The van der Waals surface area contributed by atoms with Crippen molar-refractivity contribution in [3.63, 3.8) is 0 Å². The van der Waals surface area contributed by atoms with Crippen LogP contribution >= 0.6 is 0 Å². The third-order valence-corrected chi connectivity index (χ3v) is 6.53. The van der Waals surface area contributed by atoms with Crippen LogP contribution in [-0.2, 0) is 9.53 Å². The van der Waals surface area contributed by atoms with Crippen molar-refractivity contribution in [3.05, 3.63) is 0 Å². The first-order chi connectivity index (χ1) is 10.7. The Balaban J connectivity index is 3.05. The molecule has 23 heavy (non-hydrogen) atoms. The van der Waals surface area contributed by atoms with Crippen molar-refractivity contribution in [2.24, 2.45) is 35.5 Å². The Kier molecular flexibility index (Phi) is 8.23. The standard InChI is InChI=1S/C20H38O3/c1-12-8-9-18(22)11-19(17(6)21)16(5)20(23-7)14(3)10-13(2)15(12)4/h12-17,19-21H,8-11H2,1-7H3/t12?,13?,14?,15?,16-,17?,19?,20?/m1/s1. The minimum Gasteiger partial charge on any atom is -0.393 e. The van der Waals surface area contributed by atoms with Crippen molar-refractivity contribution >= 4 is 5.78 Å². The number of aliphatic hydroxyl groups excluding tert-OH is 1. The SMILES string of the molecule is COC1C(C)CC(C)C(C)C(C)CCC(=O)CC(C(C)O)[C@H]1C. The Hall–Kier alpha value is -0.410. The minimum absolute atomic E-state index is 0.0163. The van der Waals surface area contributed by atoms with Crippen molar-refractivity contribution in [3.8, 4) is 0 Å². The van der Waals surface area contributed by atoms with Gasteiger partial charge in [-0.2, -0.15) is 0 Å². The molecule has 0 heterocycles. The van der Waals surface area contributed by atoms with Crippen molar-refractivity contribution in [1.29, 1.82) is 0 Å². The van der Waals surface area contributed by atoms with Gasteiger partial charge < -0.3 is 9.84 Å². The predicted molar refractivity (Wildman–Crippen MR) is 95.3 cm³/mol. The monoisotopic (exact) mass is 326 g/mol. The zero-order chi connectivity index (χ0) is 17.7. The van der Waals surface area contributed by atoms with Crippen LogP contribution in [0.15, 0.2) is 0 Å². The van der Waals surface area contributed by atoms with Gasteiger partial charge in [0, 0.05) is 20.0 Å². The maximum atomic E-state index is 12.4. The molecule has 7 unspecified atom stereocenters. The lowest BCUT2D eigenvalue weighted by molar-refractivity contribution is -0.123. The summed E-state index contributed by atoms with van der Waals surface area (Å²) >= 11 is 0. The van der Waals surface area contributed by atoms with Crippen LogP contribution in [0.1, 0.15) is 67.2 Å². The van der Waals surface area contributed by atoms with Crippen molar-refractivity contribution in [1.82, 2.24) is 0 Å². The Morgan fingerprint density at radius 3 is 2.17 bits per heavy atom. The molecule has 1 rings (SSSR count). The molecule has 0 saturated heterocycles. The number of carbonyl (C=O) groups is 1. The summed E-state index contributed by atoms with van der Waals surface area (Å²) in [6.07, 6.45) is 2.83. The third kappa shape index (κ3) is 5.56. The second kappa shape index (κ2) is 9.17. The topological polar surface area (TPSA) is 46.5 Å². The first-order valence-corrected chi connectivity index (χ1v) is 9.41. The highest BCUT2D eigenvalue weighted by molar-refractivity contribution is 5.78. The van der Waals surface area contributed by atoms with Gasteiger partial charge in [0.1, 0.15) is 5.78 Å². The van der Waals surface area contributed by atoms with Crippen LogP contribution in [0.3, 0.4) is 0 Å². The molecule has 1 aliphatic carbocycles. The van der Waals surface area contributed by atoms with Crippen LogP contribution in [0.25, 0.3) is 0 Å². The Labute approximate surface area is 143 Å². The Morgan fingerprint density at radius 1 is 1.04 bits per heavy atom. The van der Waals surface area contributed by atoms with Crippen molar-refractivity contribution < 1.29 is 14.6 Å². The Morgan fingerprint density at radius 2 is 1.65 bits per heavy atom. The molecule has 0 aromatic heterocycles. The summed E-state index contributed by atoms with van der Waals surface area (Å²) in [7, 11) is 1.77. The van der Waals surface area contributed by atoms with Crippen LogP contribution in [0.2, 0.25) is 0 Å². The summed E-state index contributed by atoms with van der Waals surface area (Å²) in [5.41, 5.74) is 0. The molecule has 1 N–H and O–H groups in total. The number of Topliss-reactive ketones (excluding diaryl/α,β-unsaturated/α-hetero) is 1. The van der Waals surface area contributed by atoms with Crippen LogP contribution < -0.4 is 0 Å². The first kappa shape index (κ1) is 20.6. The molecular formula is C20H38O3. The fraction of sp³-hybridized carbons (Fsp3) is 0.950. The average molecular weight is 327 g/mol. The second-order valence-electron chi connectivity index (χ2n) is 8.27. The lowest BCUT2D eigenvalue weighted by Gasteiger charge is -2.38. The lowest BCUT2D eigenvalue weighted by atomic mass is 9.72. The number of carbonyl (C=O) groups excluding carboxylic acids is 1. The normalized spacial score (nSPS) is 42.6. The molecule has 3 nitrogen and oxygen atoms in total. The van der Waals surface area contributed by atoms with Crippen molar-refractivity contribution in [2.45, 2.75) is 79.4 Å². The van der Waals surface area contributed by atoms with Gasteiger partial charge in [-0.1, -0.05) is 34.6 Å². The molecule has 0 bridgehead atoms. The van der Waals surface area contributed by atoms with E-state index in [-0.39, 0.29) is 23.7 Å². The number of ether oxygens (including phenoxy) is 1. The molecule has 8 atom stereocenters. The summed E-state index contributed by atoms with van der Waals surface area (Å²) in [5.74, 6) is 2.67. The van der Waals surface area contributed by atoms with E-state index in [2.05, 4.69) is 34.6 Å². The van der Waals surface area contributed by atoms with Gasteiger partial charge in [0.15, 0.2) is 0 Å². The van der Waals surface area contributed by atoms with E-state index in [4.69, 9.17) is 4.74 Å². The third-order valence-electron chi connectivity index (χ3n) is 6.53. The zero-order valence-electron chi connectivity index (χ0n) is 16.2. The molecule has 0 spiro atoms. The highest BCUT2D eigenvalue weighted by atomic mass is 16.5. The fourth-order valence-electron chi connectivity index (χ4n) is 4.52. The van der Waals surface area contributed by atoms with Crippen molar-refractivity contribution in [2.75, 3.05) is 7.11 Å². The molecule has 0 aliphatic heterocycles. The summed E-state index contributed by atoms with van der Waals surface area (Å²) in [5, 5.41) is 10.2. The van der Waals surface area contributed by atoms with Gasteiger partial charge in [0.05, 0.1) is 12.2 Å². The number of rotatable bonds is 2. The Bertz CT molecular complexity index is 366. The molecule has 0 aromatic rings. The molecule has 0 radical (unpaired) electrons. The fourth-order valence-corrected chi connectivity index (χ4v) is 4.52.